The quantitative estimate of drug-likeness (QED) is 0.715. The van der Waals surface area contributed by atoms with Crippen LogP contribution in [0.1, 0.15) is 19.4 Å². The molecule has 1 rings (SSSR count). The molecule has 116 valence electrons. The molecule has 8 heteroatoms. The second-order valence-electron chi connectivity index (χ2n) is 4.91. The average Bonchev–Trinajstić information content (AvgIpc) is 2.37. The van der Waals surface area contributed by atoms with Gasteiger partial charge in [0.1, 0.15) is 0 Å². The molecular formula is C13H18N2O5S. The van der Waals surface area contributed by atoms with E-state index in [9.17, 15) is 18.0 Å². The molecule has 0 saturated heterocycles. The van der Waals surface area contributed by atoms with Gasteiger partial charge in [0.05, 0.1) is 11.7 Å². The highest BCUT2D eigenvalue weighted by molar-refractivity contribution is 7.88. The molecule has 0 heterocycles. The largest absolute Gasteiger partial charge is 0.481 e. The van der Waals surface area contributed by atoms with Gasteiger partial charge in [0.2, 0.25) is 15.9 Å². The average molecular weight is 314 g/mol. The summed E-state index contributed by atoms with van der Waals surface area (Å²) < 4.78 is 21.9. The Balaban J connectivity index is 2.72. The third-order valence-electron chi connectivity index (χ3n) is 3.14. The zero-order valence-corrected chi connectivity index (χ0v) is 12.6. The van der Waals surface area contributed by atoms with Crippen LogP contribution in [0.2, 0.25) is 0 Å². The molecule has 0 spiro atoms. The van der Waals surface area contributed by atoms with Gasteiger partial charge >= 0.3 is 5.97 Å². The molecule has 4 N–H and O–H groups in total. The number of hydrogen-bond acceptors (Lipinski definition) is 4. The minimum absolute atomic E-state index is 0.284. The van der Waals surface area contributed by atoms with Gasteiger partial charge in [-0.3, -0.25) is 9.59 Å². The molecule has 1 aromatic carbocycles. The lowest BCUT2D eigenvalue weighted by atomic mass is 9.95. The topological polar surface area (TPSA) is 127 Å². The van der Waals surface area contributed by atoms with Crippen molar-refractivity contribution in [2.24, 2.45) is 17.0 Å². The molecule has 21 heavy (non-hydrogen) atoms. The molecule has 2 unspecified atom stereocenters. The Labute approximate surface area is 123 Å². The van der Waals surface area contributed by atoms with E-state index < -0.39 is 33.7 Å². The zero-order chi connectivity index (χ0) is 16.2. The molecule has 1 amide bonds. The van der Waals surface area contributed by atoms with Crippen molar-refractivity contribution in [1.29, 1.82) is 0 Å². The Hall–Kier alpha value is -1.93. The predicted octanol–water partition coefficient (Wildman–Crippen LogP) is 0.770. The summed E-state index contributed by atoms with van der Waals surface area (Å²) in [6.07, 6.45) is 0. The molecule has 1 aromatic rings. The number of benzene rings is 1. The first-order chi connectivity index (χ1) is 9.60. The Morgan fingerprint density at radius 2 is 1.71 bits per heavy atom. The number of hydrogen-bond donors (Lipinski definition) is 3. The highest BCUT2D eigenvalue weighted by Crippen LogP contribution is 2.16. The first-order valence-electron chi connectivity index (χ1n) is 6.23. The lowest BCUT2D eigenvalue weighted by Gasteiger charge is -2.15. The molecule has 0 aliphatic carbocycles. The van der Waals surface area contributed by atoms with Gasteiger partial charge in [0, 0.05) is 11.6 Å². The van der Waals surface area contributed by atoms with Crippen molar-refractivity contribution in [3.8, 4) is 0 Å². The van der Waals surface area contributed by atoms with Gasteiger partial charge in [-0.15, -0.1) is 0 Å². The third-order valence-corrected chi connectivity index (χ3v) is 3.88. The molecule has 0 fully saturated rings. The fourth-order valence-electron chi connectivity index (χ4n) is 1.61. The highest BCUT2D eigenvalue weighted by atomic mass is 32.2. The Morgan fingerprint density at radius 1 is 1.19 bits per heavy atom. The highest BCUT2D eigenvalue weighted by Gasteiger charge is 2.25. The number of amides is 1. The summed E-state index contributed by atoms with van der Waals surface area (Å²) >= 11 is 0. The summed E-state index contributed by atoms with van der Waals surface area (Å²) in [6.45, 7) is 2.99. The number of carboxylic acid groups (broad SMARTS) is 1. The smallest absolute Gasteiger partial charge is 0.307 e. The summed E-state index contributed by atoms with van der Waals surface area (Å²) in [6, 6.07) is 6.14. The van der Waals surface area contributed by atoms with Crippen LogP contribution < -0.4 is 10.5 Å². The zero-order valence-electron chi connectivity index (χ0n) is 11.7. The van der Waals surface area contributed by atoms with Crippen LogP contribution in [0.4, 0.5) is 5.69 Å². The molecule has 0 aromatic heterocycles. The van der Waals surface area contributed by atoms with Gasteiger partial charge in [-0.2, -0.15) is 0 Å². The molecule has 0 bridgehead atoms. The molecule has 0 saturated carbocycles. The third kappa shape index (κ3) is 5.52. The number of nitrogens with one attached hydrogen (secondary N) is 1. The van der Waals surface area contributed by atoms with Crippen LogP contribution in [0.25, 0.3) is 0 Å². The van der Waals surface area contributed by atoms with E-state index in [0.29, 0.717) is 11.3 Å². The van der Waals surface area contributed by atoms with Crippen molar-refractivity contribution in [3.05, 3.63) is 29.8 Å². The second-order valence-corrected chi connectivity index (χ2v) is 6.52. The van der Waals surface area contributed by atoms with Crippen molar-refractivity contribution in [2.75, 3.05) is 5.32 Å². The summed E-state index contributed by atoms with van der Waals surface area (Å²) in [5.41, 5.74) is 0.963. The standard InChI is InChI=1S/C13H18N2O5S/c1-8(9(2)13(17)18)12(16)15-11-5-3-10(4-6-11)7-21(14,19)20/h3-6,8-9H,7H2,1-2H3,(H,15,16)(H,17,18)(H2,14,19,20). The number of aliphatic carboxylic acids is 1. The molecular weight excluding hydrogens is 296 g/mol. The Kier molecular flexibility index (Phi) is 5.45. The molecule has 0 radical (unpaired) electrons. The summed E-state index contributed by atoms with van der Waals surface area (Å²) in [4.78, 5) is 22.7. The molecule has 2 atom stereocenters. The van der Waals surface area contributed by atoms with Gasteiger partial charge in [0.15, 0.2) is 0 Å². The Bertz CT molecular complexity index is 624. The number of anilines is 1. The first-order valence-corrected chi connectivity index (χ1v) is 7.95. The molecule has 0 aliphatic heterocycles. The predicted molar refractivity (Wildman–Crippen MR) is 77.8 cm³/mol. The van der Waals surface area contributed by atoms with Crippen LogP contribution in [0, 0.1) is 11.8 Å². The number of carbonyl (C=O) groups is 2. The van der Waals surface area contributed by atoms with E-state index in [0.717, 1.165) is 0 Å². The van der Waals surface area contributed by atoms with Crippen molar-refractivity contribution < 1.29 is 23.1 Å². The fourth-order valence-corrected chi connectivity index (χ4v) is 2.27. The van der Waals surface area contributed by atoms with E-state index in [-0.39, 0.29) is 5.75 Å². The number of sulfonamides is 1. The van der Waals surface area contributed by atoms with Crippen molar-refractivity contribution >= 4 is 27.6 Å². The summed E-state index contributed by atoms with van der Waals surface area (Å²) in [7, 11) is -3.60. The van der Waals surface area contributed by atoms with E-state index in [2.05, 4.69) is 5.32 Å². The van der Waals surface area contributed by atoms with Crippen LogP contribution in [-0.2, 0) is 25.4 Å². The van der Waals surface area contributed by atoms with Crippen LogP contribution in [0.3, 0.4) is 0 Å². The number of rotatable bonds is 6. The lowest BCUT2D eigenvalue weighted by molar-refractivity contribution is -0.145. The fraction of sp³-hybridized carbons (Fsp3) is 0.385. The van der Waals surface area contributed by atoms with Gasteiger partial charge in [-0.1, -0.05) is 26.0 Å². The van der Waals surface area contributed by atoms with E-state index in [1.165, 1.54) is 38.1 Å². The number of nitrogens with two attached hydrogens (primary N) is 1. The minimum Gasteiger partial charge on any atom is -0.481 e. The number of carbonyl (C=O) groups excluding carboxylic acids is 1. The monoisotopic (exact) mass is 314 g/mol. The van der Waals surface area contributed by atoms with Crippen LogP contribution in [0.5, 0.6) is 0 Å². The number of primary sulfonamides is 1. The van der Waals surface area contributed by atoms with Crippen LogP contribution in [0.15, 0.2) is 24.3 Å². The van der Waals surface area contributed by atoms with Crippen molar-refractivity contribution in [3.63, 3.8) is 0 Å². The van der Waals surface area contributed by atoms with E-state index in [4.69, 9.17) is 10.2 Å². The first kappa shape index (κ1) is 17.1. The van der Waals surface area contributed by atoms with Crippen molar-refractivity contribution in [1.82, 2.24) is 0 Å². The Morgan fingerprint density at radius 3 is 2.14 bits per heavy atom. The number of carboxylic acids is 1. The van der Waals surface area contributed by atoms with Crippen LogP contribution in [-0.4, -0.2) is 25.4 Å². The molecule has 7 nitrogen and oxygen atoms in total. The van der Waals surface area contributed by atoms with E-state index in [1.54, 1.807) is 0 Å². The van der Waals surface area contributed by atoms with Crippen LogP contribution >= 0.6 is 0 Å². The van der Waals surface area contributed by atoms with Gasteiger partial charge in [0.25, 0.3) is 0 Å². The summed E-state index contributed by atoms with van der Waals surface area (Å²) in [5.74, 6) is -3.23. The van der Waals surface area contributed by atoms with Gasteiger partial charge in [-0.05, 0) is 17.7 Å². The second kappa shape index (κ2) is 6.68. The lowest BCUT2D eigenvalue weighted by Crippen LogP contribution is -2.29. The van der Waals surface area contributed by atoms with Gasteiger partial charge in [-0.25, -0.2) is 13.6 Å². The van der Waals surface area contributed by atoms with Gasteiger partial charge < -0.3 is 10.4 Å². The SMILES string of the molecule is CC(C(=O)O)C(C)C(=O)Nc1ccc(CS(N)(=O)=O)cc1. The maximum atomic E-state index is 11.9. The molecule has 0 aliphatic rings. The van der Waals surface area contributed by atoms with E-state index in [1.807, 2.05) is 0 Å². The van der Waals surface area contributed by atoms with Crippen molar-refractivity contribution in [2.45, 2.75) is 19.6 Å². The summed E-state index contributed by atoms with van der Waals surface area (Å²) in [5, 5.41) is 16.4. The maximum absolute atomic E-state index is 11.9. The minimum atomic E-state index is -3.60. The normalized spacial score (nSPS) is 14.2. The maximum Gasteiger partial charge on any atom is 0.307 e. The van der Waals surface area contributed by atoms with E-state index >= 15 is 0 Å².